The normalized spacial score (nSPS) is 20.3. The molecule has 0 aliphatic carbocycles. The van der Waals surface area contributed by atoms with Gasteiger partial charge >= 0.3 is 0 Å². The standard InChI is InChI=1S/C21H35FN6.HI/c1-4-25-9-11-26(12-10-25)18(2)17-24-21(23-3)28-15-13-27(14-16-28)20-8-6-5-7-19(20)22;/h5-8,18H,4,9-17H2,1-3H3,(H,23,24);1H. The molecule has 2 aliphatic heterocycles. The van der Waals surface area contributed by atoms with E-state index in [4.69, 9.17) is 0 Å². The van der Waals surface area contributed by atoms with Gasteiger partial charge in [-0.05, 0) is 25.6 Å². The predicted molar refractivity (Wildman–Crippen MR) is 130 cm³/mol. The van der Waals surface area contributed by atoms with Gasteiger partial charge in [-0.25, -0.2) is 4.39 Å². The quantitative estimate of drug-likeness (QED) is 0.368. The van der Waals surface area contributed by atoms with Crippen LogP contribution in [0.3, 0.4) is 0 Å². The van der Waals surface area contributed by atoms with Crippen LogP contribution in [0.4, 0.5) is 10.1 Å². The van der Waals surface area contributed by atoms with Crippen LogP contribution in [0.15, 0.2) is 29.3 Å². The van der Waals surface area contributed by atoms with Crippen molar-refractivity contribution in [2.24, 2.45) is 4.99 Å². The number of hydrogen-bond donors (Lipinski definition) is 1. The second kappa shape index (κ2) is 11.9. The van der Waals surface area contributed by atoms with Gasteiger partial charge in [0.2, 0.25) is 0 Å². The van der Waals surface area contributed by atoms with E-state index in [1.807, 2.05) is 19.2 Å². The monoisotopic (exact) mass is 518 g/mol. The van der Waals surface area contributed by atoms with Crippen molar-refractivity contribution in [3.05, 3.63) is 30.1 Å². The molecule has 8 heteroatoms. The van der Waals surface area contributed by atoms with Crippen LogP contribution >= 0.6 is 24.0 Å². The molecule has 1 atom stereocenters. The number of hydrogen-bond acceptors (Lipinski definition) is 4. The molecule has 6 nitrogen and oxygen atoms in total. The molecule has 1 unspecified atom stereocenters. The van der Waals surface area contributed by atoms with Crippen molar-refractivity contribution in [1.82, 2.24) is 20.0 Å². The van der Waals surface area contributed by atoms with Gasteiger partial charge in [-0.15, -0.1) is 24.0 Å². The van der Waals surface area contributed by atoms with E-state index in [-0.39, 0.29) is 29.8 Å². The number of nitrogens with one attached hydrogen (secondary N) is 1. The summed E-state index contributed by atoms with van der Waals surface area (Å²) in [7, 11) is 1.84. The summed E-state index contributed by atoms with van der Waals surface area (Å²) in [6.45, 7) is 14.4. The predicted octanol–water partition coefficient (Wildman–Crippen LogP) is 2.17. The van der Waals surface area contributed by atoms with E-state index in [0.29, 0.717) is 11.7 Å². The summed E-state index contributed by atoms with van der Waals surface area (Å²) in [4.78, 5) is 13.9. The highest BCUT2D eigenvalue weighted by molar-refractivity contribution is 14.0. The Bertz CT molecular complexity index is 642. The second-order valence-corrected chi connectivity index (χ2v) is 7.67. The van der Waals surface area contributed by atoms with Crippen LogP contribution in [0.25, 0.3) is 0 Å². The van der Waals surface area contributed by atoms with Crippen LogP contribution in [0.2, 0.25) is 0 Å². The van der Waals surface area contributed by atoms with Gasteiger partial charge < -0.3 is 20.0 Å². The van der Waals surface area contributed by atoms with Crippen LogP contribution in [-0.2, 0) is 0 Å². The molecule has 29 heavy (non-hydrogen) atoms. The third-order valence-electron chi connectivity index (χ3n) is 6.02. The summed E-state index contributed by atoms with van der Waals surface area (Å²) in [6.07, 6.45) is 0. The highest BCUT2D eigenvalue weighted by Crippen LogP contribution is 2.20. The molecule has 3 rings (SSSR count). The van der Waals surface area contributed by atoms with Crippen molar-refractivity contribution >= 4 is 35.6 Å². The molecule has 1 N–H and O–H groups in total. The van der Waals surface area contributed by atoms with Crippen LogP contribution in [0.1, 0.15) is 13.8 Å². The minimum atomic E-state index is -0.143. The van der Waals surface area contributed by atoms with Gasteiger partial charge in [-0.1, -0.05) is 19.1 Å². The van der Waals surface area contributed by atoms with Gasteiger partial charge in [0.15, 0.2) is 5.96 Å². The molecule has 1 aromatic carbocycles. The summed E-state index contributed by atoms with van der Waals surface area (Å²) in [6, 6.07) is 7.51. The van der Waals surface area contributed by atoms with Gasteiger partial charge in [0, 0.05) is 72.0 Å². The number of aliphatic imine (C=N–C) groups is 1. The molecule has 2 saturated heterocycles. The number of para-hydroxylation sites is 1. The molecule has 2 aliphatic rings. The van der Waals surface area contributed by atoms with E-state index in [9.17, 15) is 4.39 Å². The Morgan fingerprint density at radius 2 is 1.72 bits per heavy atom. The smallest absolute Gasteiger partial charge is 0.193 e. The van der Waals surface area contributed by atoms with Crippen molar-refractivity contribution in [3.63, 3.8) is 0 Å². The molecule has 2 fully saturated rings. The zero-order chi connectivity index (χ0) is 19.9. The molecule has 164 valence electrons. The Kier molecular flexibility index (Phi) is 9.91. The van der Waals surface area contributed by atoms with Gasteiger partial charge in [0.05, 0.1) is 5.69 Å². The third-order valence-corrected chi connectivity index (χ3v) is 6.02. The van der Waals surface area contributed by atoms with Crippen LogP contribution in [0.5, 0.6) is 0 Å². The number of guanidine groups is 1. The maximum atomic E-state index is 14.0. The first-order chi connectivity index (χ1) is 13.6. The topological polar surface area (TPSA) is 37.4 Å². The number of rotatable bonds is 5. The summed E-state index contributed by atoms with van der Waals surface area (Å²) in [5, 5.41) is 3.56. The molecule has 0 radical (unpaired) electrons. The van der Waals surface area contributed by atoms with Gasteiger partial charge in [0.1, 0.15) is 5.82 Å². The minimum Gasteiger partial charge on any atom is -0.366 e. The Labute approximate surface area is 192 Å². The summed E-state index contributed by atoms with van der Waals surface area (Å²) in [5.74, 6) is 0.808. The number of anilines is 1. The van der Waals surface area contributed by atoms with Crippen LogP contribution < -0.4 is 10.2 Å². The number of nitrogens with zero attached hydrogens (tertiary/aromatic N) is 5. The number of halogens is 2. The number of benzene rings is 1. The van der Waals surface area contributed by atoms with Gasteiger partial charge in [-0.3, -0.25) is 9.89 Å². The largest absolute Gasteiger partial charge is 0.366 e. The Hall–Kier alpha value is -1.13. The lowest BCUT2D eigenvalue weighted by atomic mass is 10.2. The van der Waals surface area contributed by atoms with Crippen molar-refractivity contribution < 1.29 is 4.39 Å². The average Bonchev–Trinajstić information content (AvgIpc) is 2.75. The molecule has 0 amide bonds. The van der Waals surface area contributed by atoms with Crippen LogP contribution in [0, 0.1) is 5.82 Å². The lowest BCUT2D eigenvalue weighted by Crippen LogP contribution is -2.56. The molecule has 0 bridgehead atoms. The van der Waals surface area contributed by atoms with Gasteiger partial charge in [-0.2, -0.15) is 0 Å². The molecule has 0 aromatic heterocycles. The first kappa shape index (κ1) is 24.1. The maximum Gasteiger partial charge on any atom is 0.193 e. The Morgan fingerprint density at radius 3 is 2.31 bits per heavy atom. The average molecular weight is 518 g/mol. The van der Waals surface area contributed by atoms with E-state index in [1.165, 1.54) is 6.07 Å². The third kappa shape index (κ3) is 6.42. The first-order valence-corrected chi connectivity index (χ1v) is 10.5. The molecule has 1 aromatic rings. The van der Waals surface area contributed by atoms with Crippen LogP contribution in [-0.4, -0.2) is 99.2 Å². The summed E-state index contributed by atoms with van der Waals surface area (Å²) >= 11 is 0. The van der Waals surface area contributed by atoms with E-state index in [2.05, 4.69) is 43.8 Å². The van der Waals surface area contributed by atoms with E-state index in [0.717, 1.165) is 71.4 Å². The Balaban J connectivity index is 0.00000300. The van der Waals surface area contributed by atoms with Crippen molar-refractivity contribution in [2.45, 2.75) is 19.9 Å². The number of likely N-dealkylation sites (N-methyl/N-ethyl adjacent to an activating group) is 1. The fourth-order valence-corrected chi connectivity index (χ4v) is 4.09. The van der Waals surface area contributed by atoms with E-state index >= 15 is 0 Å². The van der Waals surface area contributed by atoms with Gasteiger partial charge in [0.25, 0.3) is 0 Å². The van der Waals surface area contributed by atoms with Crippen molar-refractivity contribution in [1.29, 1.82) is 0 Å². The zero-order valence-corrected chi connectivity index (χ0v) is 20.3. The lowest BCUT2D eigenvalue weighted by Gasteiger charge is -2.39. The zero-order valence-electron chi connectivity index (χ0n) is 18.0. The highest BCUT2D eigenvalue weighted by Gasteiger charge is 2.23. The fourth-order valence-electron chi connectivity index (χ4n) is 4.09. The van der Waals surface area contributed by atoms with E-state index < -0.39 is 0 Å². The molecule has 0 saturated carbocycles. The first-order valence-electron chi connectivity index (χ1n) is 10.5. The lowest BCUT2D eigenvalue weighted by molar-refractivity contribution is 0.107. The molecule has 0 spiro atoms. The van der Waals surface area contributed by atoms with Crippen molar-refractivity contribution in [3.8, 4) is 0 Å². The molecular formula is C21H36FIN6. The Morgan fingerprint density at radius 1 is 1.07 bits per heavy atom. The maximum absolute atomic E-state index is 14.0. The minimum absolute atomic E-state index is 0. The fraction of sp³-hybridized carbons (Fsp3) is 0.667. The molecular weight excluding hydrogens is 482 g/mol. The second-order valence-electron chi connectivity index (χ2n) is 7.67. The summed E-state index contributed by atoms with van der Waals surface area (Å²) < 4.78 is 14.0. The SMILES string of the molecule is CCN1CCN(C(C)CNC(=NC)N2CCN(c3ccccc3F)CC2)CC1.I. The van der Waals surface area contributed by atoms with E-state index in [1.54, 1.807) is 6.07 Å². The van der Waals surface area contributed by atoms with Crippen molar-refractivity contribution in [2.75, 3.05) is 77.4 Å². The highest BCUT2D eigenvalue weighted by atomic mass is 127. The number of piperazine rings is 2. The summed E-state index contributed by atoms with van der Waals surface area (Å²) in [5.41, 5.74) is 0.699. The molecule has 2 heterocycles.